The molecular weight excluding hydrogens is 532 g/mol. The molecule has 1 aromatic heterocycles. The van der Waals surface area contributed by atoms with Gasteiger partial charge in [0.15, 0.2) is 23.2 Å². The Balaban J connectivity index is 1.78. The Hall–Kier alpha value is -3.70. The zero-order chi connectivity index (χ0) is 29.8. The van der Waals surface area contributed by atoms with Crippen LogP contribution in [0.4, 0.5) is 0 Å². The van der Waals surface area contributed by atoms with Crippen molar-refractivity contribution in [2.45, 2.75) is 46.3 Å². The number of nitrogens with zero attached hydrogens (tertiary/aromatic N) is 1. The maximum absolute atomic E-state index is 13.3. The number of esters is 2. The maximum Gasteiger partial charge on any atom is 0.331 e. The van der Waals surface area contributed by atoms with E-state index in [2.05, 4.69) is 36.3 Å². The maximum atomic E-state index is 13.3. The molecule has 1 aliphatic rings. The Morgan fingerprint density at radius 1 is 1.15 bits per heavy atom. The van der Waals surface area contributed by atoms with E-state index in [4.69, 9.17) is 28.4 Å². The van der Waals surface area contributed by atoms with Crippen molar-refractivity contribution in [3.8, 4) is 11.5 Å². The SMILES string of the molecule is COc1ccnc(C(=O)N[C@H]2COC[C@H](Cc3ccccc3)[C@@H](COCC(C)C)[C@H](C)OC2=O)c1OCOC(C)=O. The van der Waals surface area contributed by atoms with Gasteiger partial charge in [0.25, 0.3) is 5.91 Å². The number of pyridine rings is 1. The van der Waals surface area contributed by atoms with E-state index in [1.54, 1.807) is 0 Å². The van der Waals surface area contributed by atoms with E-state index in [1.807, 2.05) is 25.1 Å². The molecule has 0 radical (unpaired) electrons. The van der Waals surface area contributed by atoms with Gasteiger partial charge in [-0.3, -0.25) is 9.59 Å². The average Bonchev–Trinajstić information content (AvgIpc) is 2.98. The second-order valence-corrected chi connectivity index (χ2v) is 10.3. The molecule has 41 heavy (non-hydrogen) atoms. The first kappa shape index (κ1) is 31.8. The van der Waals surface area contributed by atoms with Crippen LogP contribution in [-0.4, -0.2) is 75.3 Å². The molecule has 0 saturated carbocycles. The summed E-state index contributed by atoms with van der Waals surface area (Å²) in [6.07, 6.45) is 1.58. The van der Waals surface area contributed by atoms with E-state index in [-0.39, 0.29) is 35.6 Å². The van der Waals surface area contributed by atoms with Gasteiger partial charge >= 0.3 is 11.9 Å². The zero-order valence-corrected chi connectivity index (χ0v) is 24.3. The molecule has 1 aliphatic heterocycles. The van der Waals surface area contributed by atoms with Gasteiger partial charge < -0.3 is 33.7 Å². The summed E-state index contributed by atoms with van der Waals surface area (Å²) in [5, 5.41) is 2.65. The summed E-state index contributed by atoms with van der Waals surface area (Å²) in [5.41, 5.74) is 0.988. The lowest BCUT2D eigenvalue weighted by Gasteiger charge is -2.31. The number of cyclic esters (lactones) is 1. The molecule has 1 aromatic carbocycles. The fourth-order valence-electron chi connectivity index (χ4n) is 4.49. The molecule has 0 unspecified atom stereocenters. The Morgan fingerprint density at radius 3 is 2.59 bits per heavy atom. The van der Waals surface area contributed by atoms with Crippen molar-refractivity contribution in [3.05, 3.63) is 53.9 Å². The van der Waals surface area contributed by atoms with Gasteiger partial charge in [0.2, 0.25) is 6.79 Å². The molecule has 0 aliphatic carbocycles. The topological polar surface area (TPSA) is 132 Å². The van der Waals surface area contributed by atoms with Crippen LogP contribution in [0.3, 0.4) is 0 Å². The highest BCUT2D eigenvalue weighted by molar-refractivity contribution is 5.98. The minimum Gasteiger partial charge on any atom is -0.493 e. The third-order valence-electron chi connectivity index (χ3n) is 6.59. The van der Waals surface area contributed by atoms with E-state index in [1.165, 1.54) is 26.3 Å². The molecule has 0 bridgehead atoms. The highest BCUT2D eigenvalue weighted by atomic mass is 16.7. The molecule has 2 aromatic rings. The predicted molar refractivity (Wildman–Crippen MR) is 148 cm³/mol. The number of ether oxygens (including phenoxy) is 6. The lowest BCUT2D eigenvalue weighted by molar-refractivity contribution is -0.155. The third kappa shape index (κ3) is 9.72. The van der Waals surface area contributed by atoms with Crippen LogP contribution >= 0.6 is 0 Å². The van der Waals surface area contributed by atoms with Gasteiger partial charge in [-0.15, -0.1) is 0 Å². The number of carbonyl (C=O) groups excluding carboxylic acids is 3. The number of hydrogen-bond donors (Lipinski definition) is 1. The van der Waals surface area contributed by atoms with Crippen molar-refractivity contribution in [1.29, 1.82) is 0 Å². The van der Waals surface area contributed by atoms with Crippen LogP contribution in [-0.2, 0) is 35.0 Å². The van der Waals surface area contributed by atoms with Crippen molar-refractivity contribution in [1.82, 2.24) is 10.3 Å². The Labute approximate surface area is 240 Å². The smallest absolute Gasteiger partial charge is 0.331 e. The number of hydrogen-bond acceptors (Lipinski definition) is 10. The second-order valence-electron chi connectivity index (χ2n) is 10.3. The first-order valence-corrected chi connectivity index (χ1v) is 13.7. The largest absolute Gasteiger partial charge is 0.493 e. The third-order valence-corrected chi connectivity index (χ3v) is 6.59. The molecule has 11 nitrogen and oxygen atoms in total. The summed E-state index contributed by atoms with van der Waals surface area (Å²) in [6, 6.07) is 10.4. The van der Waals surface area contributed by atoms with E-state index in [0.29, 0.717) is 32.2 Å². The molecule has 1 N–H and O–H groups in total. The minimum atomic E-state index is -1.10. The fraction of sp³-hybridized carbons (Fsp3) is 0.533. The van der Waals surface area contributed by atoms with Crippen molar-refractivity contribution in [2.75, 3.05) is 40.3 Å². The van der Waals surface area contributed by atoms with Gasteiger partial charge in [0, 0.05) is 31.7 Å². The summed E-state index contributed by atoms with van der Waals surface area (Å²) < 4.78 is 33.5. The number of amides is 1. The van der Waals surface area contributed by atoms with Crippen molar-refractivity contribution < 1.29 is 42.8 Å². The number of aromatic nitrogens is 1. The summed E-state index contributed by atoms with van der Waals surface area (Å²) in [4.78, 5) is 41.8. The number of benzene rings is 1. The van der Waals surface area contributed by atoms with Crippen LogP contribution in [0.1, 0.15) is 43.7 Å². The van der Waals surface area contributed by atoms with Gasteiger partial charge in [-0.1, -0.05) is 44.2 Å². The number of nitrogens with one attached hydrogen (secondary N) is 1. The van der Waals surface area contributed by atoms with Crippen LogP contribution in [0, 0.1) is 17.8 Å². The van der Waals surface area contributed by atoms with Gasteiger partial charge in [-0.05, 0) is 30.7 Å². The molecule has 11 heteroatoms. The highest BCUT2D eigenvalue weighted by Crippen LogP contribution is 2.30. The van der Waals surface area contributed by atoms with Gasteiger partial charge in [0.1, 0.15) is 6.10 Å². The lowest BCUT2D eigenvalue weighted by atomic mass is 9.84. The second kappa shape index (κ2) is 15.9. The summed E-state index contributed by atoms with van der Waals surface area (Å²) in [5.74, 6) is -1.51. The Kier molecular flexibility index (Phi) is 12.4. The molecule has 3 rings (SSSR count). The van der Waals surface area contributed by atoms with Crippen LogP contribution < -0.4 is 14.8 Å². The molecule has 0 spiro atoms. The molecule has 4 atom stereocenters. The van der Waals surface area contributed by atoms with Crippen LogP contribution in [0.25, 0.3) is 0 Å². The zero-order valence-electron chi connectivity index (χ0n) is 24.3. The molecule has 1 fully saturated rings. The molecular formula is C30H40N2O9. The van der Waals surface area contributed by atoms with Crippen molar-refractivity contribution in [3.63, 3.8) is 0 Å². The molecule has 2 heterocycles. The lowest BCUT2D eigenvalue weighted by Crippen LogP contribution is -2.46. The standard InChI is InChI=1S/C30H40N2O9/c1-19(2)14-37-16-24-20(3)41-30(35)25(17-38-15-23(24)13-22-9-7-6-8-10-22)32-29(34)27-28(40-18-39-21(4)33)26(36-5)11-12-31-27/h6-12,19-20,23-25H,13-18H2,1-5H3,(H,32,34)/t20-,23-,24-,25-/m0/s1. The van der Waals surface area contributed by atoms with Crippen molar-refractivity contribution in [2.24, 2.45) is 17.8 Å². The van der Waals surface area contributed by atoms with Crippen LogP contribution in [0.15, 0.2) is 42.6 Å². The van der Waals surface area contributed by atoms with Gasteiger partial charge in [-0.25, -0.2) is 9.78 Å². The monoisotopic (exact) mass is 572 g/mol. The first-order chi connectivity index (χ1) is 19.7. The number of methoxy groups -OCH3 is 1. The Morgan fingerprint density at radius 2 is 1.90 bits per heavy atom. The minimum absolute atomic E-state index is 0.00291. The highest BCUT2D eigenvalue weighted by Gasteiger charge is 2.35. The van der Waals surface area contributed by atoms with Gasteiger partial charge in [0.05, 0.1) is 26.9 Å². The molecule has 224 valence electrons. The van der Waals surface area contributed by atoms with Gasteiger partial charge in [-0.2, -0.15) is 0 Å². The number of rotatable bonds is 12. The first-order valence-electron chi connectivity index (χ1n) is 13.7. The summed E-state index contributed by atoms with van der Waals surface area (Å²) >= 11 is 0. The van der Waals surface area contributed by atoms with Crippen LogP contribution in [0.2, 0.25) is 0 Å². The Bertz CT molecular complexity index is 1140. The fourth-order valence-corrected chi connectivity index (χ4v) is 4.49. The molecule has 1 amide bonds. The van der Waals surface area contributed by atoms with E-state index >= 15 is 0 Å². The molecule has 1 saturated heterocycles. The predicted octanol–water partition coefficient (Wildman–Crippen LogP) is 3.20. The van der Waals surface area contributed by atoms with Crippen LogP contribution in [0.5, 0.6) is 11.5 Å². The number of carbonyl (C=O) groups is 3. The quantitative estimate of drug-likeness (QED) is 0.299. The summed E-state index contributed by atoms with van der Waals surface area (Å²) in [7, 11) is 1.40. The average molecular weight is 573 g/mol. The van der Waals surface area contributed by atoms with E-state index < -0.39 is 36.8 Å². The summed E-state index contributed by atoms with van der Waals surface area (Å²) in [6.45, 7) is 8.00. The van der Waals surface area contributed by atoms with E-state index in [9.17, 15) is 14.4 Å². The normalized spacial score (nSPS) is 21.2. The van der Waals surface area contributed by atoms with Crippen molar-refractivity contribution >= 4 is 17.8 Å². The van der Waals surface area contributed by atoms with E-state index in [0.717, 1.165) is 5.56 Å².